The summed E-state index contributed by atoms with van der Waals surface area (Å²) in [6.45, 7) is 2.07. The number of hydrogen-bond acceptors (Lipinski definition) is 1. The summed E-state index contributed by atoms with van der Waals surface area (Å²) in [4.78, 5) is 11.5. The molecule has 0 bridgehead atoms. The summed E-state index contributed by atoms with van der Waals surface area (Å²) >= 11 is 6.71. The summed E-state index contributed by atoms with van der Waals surface area (Å²) in [6, 6.07) is 0. The molecule has 66 valence electrons. The van der Waals surface area contributed by atoms with E-state index in [9.17, 15) is 4.79 Å². The molecule has 11 heavy (non-hydrogen) atoms. The Kier molecular flexibility index (Phi) is 7.71. The van der Waals surface area contributed by atoms with Crippen molar-refractivity contribution in [2.45, 2.75) is 37.4 Å². The molecule has 0 aliphatic carbocycles. The number of rotatable bonds is 6. The summed E-state index contributed by atoms with van der Waals surface area (Å²) in [6.07, 6.45) is 3.38. The van der Waals surface area contributed by atoms with E-state index in [1.807, 2.05) is 0 Å². The molecule has 1 nitrogen and oxygen atoms in total. The Bertz CT molecular complexity index is 113. The highest BCUT2D eigenvalue weighted by molar-refractivity contribution is 9.09. The van der Waals surface area contributed by atoms with Crippen molar-refractivity contribution in [1.82, 2.24) is 0 Å². The lowest BCUT2D eigenvalue weighted by atomic mass is 10.1. The first-order chi connectivity index (χ1) is 5.16. The van der Waals surface area contributed by atoms with Gasteiger partial charge in [-0.05, 0) is 12.8 Å². The van der Waals surface area contributed by atoms with E-state index in [4.69, 9.17) is 0 Å². The first kappa shape index (κ1) is 11.6. The highest BCUT2D eigenvalue weighted by atomic mass is 79.9. The molecule has 0 heterocycles. The molecule has 0 amide bonds. The highest BCUT2D eigenvalue weighted by Crippen LogP contribution is 2.08. The number of carbonyl (C=O) groups excluding carboxylic acids is 1. The summed E-state index contributed by atoms with van der Waals surface area (Å²) in [5.41, 5.74) is 0. The highest BCUT2D eigenvalue weighted by Gasteiger charge is 2.03. The zero-order valence-electron chi connectivity index (χ0n) is 6.78. The fraction of sp³-hybridized carbons (Fsp3) is 0.875. The van der Waals surface area contributed by atoms with E-state index >= 15 is 0 Å². The van der Waals surface area contributed by atoms with Crippen LogP contribution >= 0.6 is 31.9 Å². The second-order valence-electron chi connectivity index (χ2n) is 2.65. The minimum atomic E-state index is 0.385. The molecule has 0 aliphatic heterocycles. The van der Waals surface area contributed by atoms with Crippen molar-refractivity contribution in [3.05, 3.63) is 0 Å². The van der Waals surface area contributed by atoms with Crippen LogP contribution in [0.25, 0.3) is 0 Å². The Labute approximate surface area is 85.2 Å². The fourth-order valence-electron chi connectivity index (χ4n) is 0.749. The minimum absolute atomic E-state index is 0.385. The summed E-state index contributed by atoms with van der Waals surface area (Å²) < 4.78 is 0. The van der Waals surface area contributed by atoms with Gasteiger partial charge in [-0.15, -0.1) is 0 Å². The van der Waals surface area contributed by atoms with Gasteiger partial charge in [0.1, 0.15) is 5.78 Å². The van der Waals surface area contributed by atoms with Crippen molar-refractivity contribution in [2.24, 2.45) is 0 Å². The molecule has 0 aromatic rings. The van der Waals surface area contributed by atoms with Crippen molar-refractivity contribution in [3.63, 3.8) is 0 Å². The van der Waals surface area contributed by atoms with Crippen LogP contribution in [-0.4, -0.2) is 15.9 Å². The topological polar surface area (TPSA) is 17.1 Å². The largest absolute Gasteiger partial charge is 0.300 e. The van der Waals surface area contributed by atoms with Crippen LogP contribution in [0.2, 0.25) is 0 Å². The van der Waals surface area contributed by atoms with Crippen LogP contribution in [0.1, 0.15) is 32.6 Å². The Morgan fingerprint density at radius 1 is 1.45 bits per heavy atom. The normalized spacial score (nSPS) is 13.0. The van der Waals surface area contributed by atoms with Gasteiger partial charge in [-0.25, -0.2) is 0 Å². The van der Waals surface area contributed by atoms with E-state index < -0.39 is 0 Å². The third kappa shape index (κ3) is 8.54. The molecule has 0 aliphatic rings. The second kappa shape index (κ2) is 7.29. The molecule has 0 aromatic heterocycles. The maximum absolute atomic E-state index is 11.1. The zero-order valence-corrected chi connectivity index (χ0v) is 9.95. The second-order valence-corrected chi connectivity index (χ2v) is 5.01. The fourth-order valence-corrected chi connectivity index (χ4v) is 1.26. The molecule has 0 spiro atoms. The van der Waals surface area contributed by atoms with E-state index in [-0.39, 0.29) is 0 Å². The van der Waals surface area contributed by atoms with Gasteiger partial charge in [0.05, 0.1) is 0 Å². The quantitative estimate of drug-likeness (QED) is 0.685. The molecule has 0 N–H and O–H groups in total. The van der Waals surface area contributed by atoms with Crippen LogP contribution in [0.5, 0.6) is 0 Å². The van der Waals surface area contributed by atoms with E-state index in [0.29, 0.717) is 10.6 Å². The van der Waals surface area contributed by atoms with Crippen LogP contribution in [-0.2, 0) is 4.79 Å². The number of Topliss-reactive ketones (excluding diaryl/α,β-unsaturated/α-hetero) is 1. The first-order valence-electron chi connectivity index (χ1n) is 3.88. The molecule has 3 heteroatoms. The van der Waals surface area contributed by atoms with Crippen LogP contribution < -0.4 is 0 Å². The van der Waals surface area contributed by atoms with Crippen LogP contribution in [0.3, 0.4) is 0 Å². The monoisotopic (exact) mass is 284 g/mol. The van der Waals surface area contributed by atoms with Crippen LogP contribution in [0.15, 0.2) is 0 Å². The van der Waals surface area contributed by atoms with E-state index in [0.717, 1.165) is 31.0 Å². The van der Waals surface area contributed by atoms with Gasteiger partial charge >= 0.3 is 0 Å². The lowest BCUT2D eigenvalue weighted by Gasteiger charge is -2.00. The van der Waals surface area contributed by atoms with E-state index in [2.05, 4.69) is 38.8 Å². The maximum atomic E-state index is 11.1. The standard InChI is InChI=1S/C8H14Br2O/c1-7(10)4-5-8(11)3-2-6-9/h7H,2-6H2,1H3/t7-/m0/s1. The van der Waals surface area contributed by atoms with Crippen molar-refractivity contribution in [3.8, 4) is 0 Å². The Balaban J connectivity index is 3.23. The summed E-state index contributed by atoms with van der Waals surface area (Å²) in [7, 11) is 0. The number of halogens is 2. The summed E-state index contributed by atoms with van der Waals surface area (Å²) in [5, 5.41) is 0.933. The molecule has 1 atom stereocenters. The third-order valence-electron chi connectivity index (χ3n) is 1.41. The van der Waals surface area contributed by atoms with Gasteiger partial charge < -0.3 is 0 Å². The average Bonchev–Trinajstić information content (AvgIpc) is 1.97. The molecule has 0 saturated carbocycles. The van der Waals surface area contributed by atoms with Crippen molar-refractivity contribution < 1.29 is 4.79 Å². The first-order valence-corrected chi connectivity index (χ1v) is 5.92. The lowest BCUT2D eigenvalue weighted by Crippen LogP contribution is -2.01. The average molecular weight is 286 g/mol. The Morgan fingerprint density at radius 3 is 2.55 bits per heavy atom. The van der Waals surface area contributed by atoms with Crippen molar-refractivity contribution >= 4 is 37.6 Å². The minimum Gasteiger partial charge on any atom is -0.300 e. The Morgan fingerprint density at radius 2 is 2.09 bits per heavy atom. The van der Waals surface area contributed by atoms with Crippen LogP contribution in [0.4, 0.5) is 0 Å². The maximum Gasteiger partial charge on any atom is 0.132 e. The van der Waals surface area contributed by atoms with Gasteiger partial charge in [-0.1, -0.05) is 38.8 Å². The SMILES string of the molecule is C[C@H](Br)CCC(=O)CCCBr. The number of ketones is 1. The molecular weight excluding hydrogens is 272 g/mol. The molecule has 0 unspecified atom stereocenters. The predicted molar refractivity (Wildman–Crippen MR) is 55.7 cm³/mol. The number of hydrogen-bond donors (Lipinski definition) is 0. The van der Waals surface area contributed by atoms with Gasteiger partial charge in [-0.3, -0.25) is 4.79 Å². The third-order valence-corrected chi connectivity index (χ3v) is 2.43. The Hall–Kier alpha value is 0.630. The summed E-state index contributed by atoms with van der Waals surface area (Å²) in [5.74, 6) is 0.385. The molecule has 0 fully saturated rings. The van der Waals surface area contributed by atoms with Gasteiger partial charge in [0, 0.05) is 23.0 Å². The smallest absolute Gasteiger partial charge is 0.132 e. The number of carbonyl (C=O) groups is 1. The van der Waals surface area contributed by atoms with Gasteiger partial charge in [0.15, 0.2) is 0 Å². The predicted octanol–water partition coefficient (Wildman–Crippen LogP) is 3.29. The van der Waals surface area contributed by atoms with Crippen LogP contribution in [0, 0.1) is 0 Å². The molecule has 0 rings (SSSR count). The van der Waals surface area contributed by atoms with Gasteiger partial charge in [0.25, 0.3) is 0 Å². The van der Waals surface area contributed by atoms with E-state index in [1.165, 1.54) is 0 Å². The zero-order chi connectivity index (χ0) is 8.69. The molecule has 0 radical (unpaired) electrons. The van der Waals surface area contributed by atoms with Gasteiger partial charge in [-0.2, -0.15) is 0 Å². The van der Waals surface area contributed by atoms with Crippen molar-refractivity contribution in [1.29, 1.82) is 0 Å². The molecule has 0 saturated heterocycles. The molecular formula is C8H14Br2O. The van der Waals surface area contributed by atoms with Crippen molar-refractivity contribution in [2.75, 3.05) is 5.33 Å². The molecule has 0 aromatic carbocycles. The lowest BCUT2D eigenvalue weighted by molar-refractivity contribution is -0.119. The van der Waals surface area contributed by atoms with Gasteiger partial charge in [0.2, 0.25) is 0 Å². The van der Waals surface area contributed by atoms with E-state index in [1.54, 1.807) is 0 Å². The number of alkyl halides is 2.